The molecule has 122 valence electrons. The quantitative estimate of drug-likeness (QED) is 0.519. The van der Waals surface area contributed by atoms with Gasteiger partial charge in [0.2, 0.25) is 5.88 Å². The van der Waals surface area contributed by atoms with Crippen molar-refractivity contribution in [2.45, 2.75) is 13.8 Å². The maximum atomic E-state index is 9.82. The summed E-state index contributed by atoms with van der Waals surface area (Å²) < 4.78 is 6.73. The molecule has 0 atom stereocenters. The Morgan fingerprint density at radius 3 is 2.64 bits per heavy atom. The molecule has 0 bridgehead atoms. The van der Waals surface area contributed by atoms with Gasteiger partial charge in [0.05, 0.1) is 16.8 Å². The smallest absolute Gasteiger partial charge is 0.233 e. The number of hydrogen-bond donors (Lipinski definition) is 0. The Bertz CT molecular complexity index is 1130. The Morgan fingerprint density at radius 2 is 1.92 bits per heavy atom. The van der Waals surface area contributed by atoms with Crippen molar-refractivity contribution < 1.29 is 4.74 Å². The predicted molar refractivity (Wildman–Crippen MR) is 101 cm³/mol. The molecule has 0 saturated carbocycles. The highest BCUT2D eigenvalue weighted by Crippen LogP contribution is 2.42. The molecule has 4 rings (SSSR count). The maximum absolute atomic E-state index is 9.82. The summed E-state index contributed by atoms with van der Waals surface area (Å²) in [7, 11) is 0. The third-order valence-electron chi connectivity index (χ3n) is 4.03. The molecule has 0 aliphatic rings. The molecule has 3 aromatic heterocycles. The zero-order valence-electron chi connectivity index (χ0n) is 13.9. The fourth-order valence-corrected chi connectivity index (χ4v) is 4.00. The molecule has 0 saturated heterocycles. The van der Waals surface area contributed by atoms with E-state index in [2.05, 4.69) is 17.1 Å². The van der Waals surface area contributed by atoms with Gasteiger partial charge in [-0.3, -0.25) is 4.98 Å². The minimum absolute atomic E-state index is 0.389. The number of ether oxygens (including phenoxy) is 1. The van der Waals surface area contributed by atoms with E-state index in [4.69, 9.17) is 9.72 Å². The summed E-state index contributed by atoms with van der Waals surface area (Å²) in [6.07, 6.45) is 0. The first-order valence-corrected chi connectivity index (χ1v) is 8.86. The van der Waals surface area contributed by atoms with Crippen LogP contribution in [0.1, 0.15) is 18.2 Å². The molecule has 0 unspecified atom stereocenters. The Kier molecular flexibility index (Phi) is 3.83. The predicted octanol–water partition coefficient (Wildman–Crippen LogP) is 5.09. The maximum Gasteiger partial charge on any atom is 0.233 e. The number of nitriles is 1. The summed E-state index contributed by atoms with van der Waals surface area (Å²) in [5.41, 5.74) is 4.12. The fourth-order valence-electron chi connectivity index (χ4n) is 2.98. The van der Waals surface area contributed by atoms with E-state index < -0.39 is 0 Å². The Balaban J connectivity index is 2.22. The zero-order valence-corrected chi connectivity index (χ0v) is 14.7. The summed E-state index contributed by atoms with van der Waals surface area (Å²) in [6, 6.07) is 16.3. The van der Waals surface area contributed by atoms with Crippen LogP contribution in [0.2, 0.25) is 0 Å². The molecular weight excluding hydrogens is 330 g/mol. The Labute approximate surface area is 149 Å². The molecule has 4 aromatic rings. The van der Waals surface area contributed by atoms with Crippen molar-refractivity contribution in [3.8, 4) is 23.1 Å². The molecule has 4 nitrogen and oxygen atoms in total. The first kappa shape index (κ1) is 15.6. The Hall–Kier alpha value is -2.97. The Morgan fingerprint density at radius 1 is 1.12 bits per heavy atom. The van der Waals surface area contributed by atoms with E-state index in [-0.39, 0.29) is 0 Å². The van der Waals surface area contributed by atoms with Crippen LogP contribution in [0.15, 0.2) is 42.5 Å². The van der Waals surface area contributed by atoms with Crippen LogP contribution in [-0.2, 0) is 0 Å². The lowest BCUT2D eigenvalue weighted by Gasteiger charge is -2.11. The third-order valence-corrected chi connectivity index (χ3v) is 5.07. The van der Waals surface area contributed by atoms with Gasteiger partial charge >= 0.3 is 0 Å². The summed E-state index contributed by atoms with van der Waals surface area (Å²) in [4.78, 5) is 10.2. The summed E-state index contributed by atoms with van der Waals surface area (Å²) >= 11 is 1.58. The van der Waals surface area contributed by atoms with Crippen molar-refractivity contribution in [1.82, 2.24) is 9.97 Å². The van der Waals surface area contributed by atoms with Crippen molar-refractivity contribution in [3.63, 3.8) is 0 Å². The highest BCUT2D eigenvalue weighted by Gasteiger charge is 2.22. The number of nitrogens with zero attached hydrogens (tertiary/aromatic N) is 3. The van der Waals surface area contributed by atoms with Gasteiger partial charge < -0.3 is 4.74 Å². The van der Waals surface area contributed by atoms with Gasteiger partial charge in [-0.05, 0) is 31.5 Å². The molecule has 0 amide bonds. The van der Waals surface area contributed by atoms with E-state index in [1.54, 1.807) is 11.3 Å². The van der Waals surface area contributed by atoms with Gasteiger partial charge in [-0.15, -0.1) is 11.3 Å². The molecule has 1 aromatic carbocycles. The van der Waals surface area contributed by atoms with E-state index in [1.807, 2.05) is 50.2 Å². The second-order valence-corrected chi connectivity index (χ2v) is 6.69. The lowest BCUT2D eigenvalue weighted by Crippen LogP contribution is -2.00. The molecular formula is C20H15N3OS. The topological polar surface area (TPSA) is 58.8 Å². The van der Waals surface area contributed by atoms with Gasteiger partial charge in [-0.1, -0.05) is 30.3 Å². The average Bonchev–Trinajstić information content (AvgIpc) is 2.98. The largest absolute Gasteiger partial charge is 0.477 e. The number of hydrogen-bond acceptors (Lipinski definition) is 5. The lowest BCUT2D eigenvalue weighted by molar-refractivity contribution is 0.327. The second-order valence-electron chi connectivity index (χ2n) is 5.66. The van der Waals surface area contributed by atoms with E-state index in [0.29, 0.717) is 18.1 Å². The molecule has 0 spiro atoms. The molecule has 3 heterocycles. The molecule has 0 aliphatic carbocycles. The van der Waals surface area contributed by atoms with E-state index in [1.165, 1.54) is 0 Å². The van der Waals surface area contributed by atoms with Gasteiger partial charge in [0.1, 0.15) is 16.5 Å². The first-order chi connectivity index (χ1) is 12.2. The normalized spacial score (nSPS) is 10.9. The van der Waals surface area contributed by atoms with Crippen LogP contribution in [0.5, 0.6) is 5.88 Å². The van der Waals surface area contributed by atoms with Crippen molar-refractivity contribution in [1.29, 1.82) is 5.26 Å². The number of benzene rings is 1. The van der Waals surface area contributed by atoms with Crippen LogP contribution < -0.4 is 4.74 Å². The monoisotopic (exact) mass is 345 g/mol. The third kappa shape index (κ3) is 2.51. The van der Waals surface area contributed by atoms with Gasteiger partial charge in [0.15, 0.2) is 0 Å². The van der Waals surface area contributed by atoms with Crippen LogP contribution in [0.4, 0.5) is 0 Å². The highest BCUT2D eigenvalue weighted by atomic mass is 32.1. The minimum Gasteiger partial charge on any atom is -0.477 e. The van der Waals surface area contributed by atoms with Gasteiger partial charge in [-0.2, -0.15) is 5.26 Å². The molecule has 0 radical (unpaired) electrons. The van der Waals surface area contributed by atoms with Crippen LogP contribution >= 0.6 is 11.3 Å². The van der Waals surface area contributed by atoms with Crippen molar-refractivity contribution in [2.75, 3.05) is 6.61 Å². The lowest BCUT2D eigenvalue weighted by atomic mass is 9.98. The summed E-state index contributed by atoms with van der Waals surface area (Å²) in [5.74, 6) is 0.389. The fraction of sp³-hybridized carbons (Fsp3) is 0.150. The number of pyridine rings is 2. The number of aryl methyl sites for hydroxylation is 1. The number of aromatic nitrogens is 2. The number of rotatable bonds is 3. The number of thiophene rings is 1. The van der Waals surface area contributed by atoms with Crippen LogP contribution in [0.3, 0.4) is 0 Å². The standard InChI is InChI=1S/C20H15N3OS/c1-3-24-19-14(11-21)16(13-7-5-4-6-8-13)17-18-15(25-20(17)23-19)10-9-12(2)22-18/h4-10H,3H2,1-2H3. The second kappa shape index (κ2) is 6.15. The van der Waals surface area contributed by atoms with Crippen molar-refractivity contribution in [2.24, 2.45) is 0 Å². The van der Waals surface area contributed by atoms with Gasteiger partial charge in [0.25, 0.3) is 0 Å². The highest BCUT2D eigenvalue weighted by molar-refractivity contribution is 7.25. The van der Waals surface area contributed by atoms with Crippen LogP contribution in [0, 0.1) is 18.3 Å². The van der Waals surface area contributed by atoms with E-state index in [9.17, 15) is 5.26 Å². The average molecular weight is 345 g/mol. The number of fused-ring (bicyclic) bond motifs is 3. The van der Waals surface area contributed by atoms with Crippen LogP contribution in [0.25, 0.3) is 31.6 Å². The molecule has 0 aliphatic heterocycles. The zero-order chi connectivity index (χ0) is 17.4. The minimum atomic E-state index is 0.389. The van der Waals surface area contributed by atoms with Crippen LogP contribution in [-0.4, -0.2) is 16.6 Å². The summed E-state index contributed by atoms with van der Waals surface area (Å²) in [5, 5.41) is 10.7. The van der Waals surface area contributed by atoms with Gasteiger partial charge in [0, 0.05) is 16.6 Å². The molecule has 0 N–H and O–H groups in total. The van der Waals surface area contributed by atoms with E-state index >= 15 is 0 Å². The molecule has 0 fully saturated rings. The van der Waals surface area contributed by atoms with E-state index in [0.717, 1.165) is 37.3 Å². The molecule has 5 heteroatoms. The van der Waals surface area contributed by atoms with Crippen molar-refractivity contribution >= 4 is 31.8 Å². The SMILES string of the molecule is CCOc1nc2sc3ccc(C)nc3c2c(-c2ccccc2)c1C#N. The van der Waals surface area contributed by atoms with Gasteiger partial charge in [-0.25, -0.2) is 4.98 Å². The molecule has 25 heavy (non-hydrogen) atoms. The summed E-state index contributed by atoms with van der Waals surface area (Å²) in [6.45, 7) is 4.33. The first-order valence-electron chi connectivity index (χ1n) is 8.05. The van der Waals surface area contributed by atoms with Crippen molar-refractivity contribution in [3.05, 3.63) is 53.7 Å².